The van der Waals surface area contributed by atoms with Gasteiger partial charge in [-0.15, -0.1) is 0 Å². The van der Waals surface area contributed by atoms with Gasteiger partial charge in [-0.25, -0.2) is 4.98 Å². The summed E-state index contributed by atoms with van der Waals surface area (Å²) in [7, 11) is 3.05. The molecule has 1 heterocycles. The van der Waals surface area contributed by atoms with Gasteiger partial charge in [-0.3, -0.25) is 11.3 Å². The van der Waals surface area contributed by atoms with E-state index < -0.39 is 0 Å². The molecule has 0 saturated heterocycles. The fourth-order valence-electron chi connectivity index (χ4n) is 1.99. The smallest absolute Gasteiger partial charge is 0.240 e. The Bertz CT molecular complexity index is 609. The summed E-state index contributed by atoms with van der Waals surface area (Å²) in [4.78, 5) is 8.53. The lowest BCUT2D eigenvalue weighted by atomic mass is 10.0. The van der Waals surface area contributed by atoms with Crippen LogP contribution in [0, 0.1) is 0 Å². The van der Waals surface area contributed by atoms with Gasteiger partial charge in [0.2, 0.25) is 11.8 Å². The Labute approximate surface area is 128 Å². The van der Waals surface area contributed by atoms with Gasteiger partial charge >= 0.3 is 0 Å². The van der Waals surface area contributed by atoms with Crippen LogP contribution in [0.25, 0.3) is 0 Å². The summed E-state index contributed by atoms with van der Waals surface area (Å²) >= 11 is 5.99. The van der Waals surface area contributed by atoms with E-state index in [1.165, 1.54) is 20.4 Å². The summed E-state index contributed by atoms with van der Waals surface area (Å²) in [5, 5.41) is 0.677. The van der Waals surface area contributed by atoms with Gasteiger partial charge in [0.1, 0.15) is 5.69 Å². The zero-order valence-corrected chi connectivity index (χ0v) is 12.6. The van der Waals surface area contributed by atoms with Crippen LogP contribution < -0.4 is 20.7 Å². The molecule has 2 rings (SSSR count). The van der Waals surface area contributed by atoms with E-state index in [0.717, 1.165) is 5.56 Å². The van der Waals surface area contributed by atoms with Gasteiger partial charge in [-0.1, -0.05) is 23.7 Å². The van der Waals surface area contributed by atoms with Crippen LogP contribution >= 0.6 is 11.6 Å². The van der Waals surface area contributed by atoms with E-state index in [1.54, 1.807) is 0 Å². The molecule has 1 unspecified atom stereocenters. The molecule has 0 aliphatic heterocycles. The minimum absolute atomic E-state index is 0.253. The quantitative estimate of drug-likeness (QED) is 0.626. The highest BCUT2D eigenvalue weighted by atomic mass is 35.5. The van der Waals surface area contributed by atoms with E-state index in [9.17, 15) is 0 Å². The van der Waals surface area contributed by atoms with Crippen LogP contribution in [0.5, 0.6) is 11.8 Å². The second-order valence-electron chi connectivity index (χ2n) is 4.36. The summed E-state index contributed by atoms with van der Waals surface area (Å²) < 4.78 is 10.3. The van der Waals surface area contributed by atoms with Crippen LogP contribution in [0.4, 0.5) is 0 Å². The Hall–Kier alpha value is -1.89. The molecular formula is C14H17ClN4O2. The number of aromatic nitrogens is 2. The maximum absolute atomic E-state index is 5.99. The van der Waals surface area contributed by atoms with Crippen LogP contribution in [0.15, 0.2) is 30.5 Å². The van der Waals surface area contributed by atoms with Crippen molar-refractivity contribution >= 4 is 11.6 Å². The maximum Gasteiger partial charge on any atom is 0.240 e. The Kier molecular flexibility index (Phi) is 5.32. The molecule has 21 heavy (non-hydrogen) atoms. The van der Waals surface area contributed by atoms with Crippen molar-refractivity contribution in [2.75, 3.05) is 14.2 Å². The molecule has 1 atom stereocenters. The van der Waals surface area contributed by atoms with Gasteiger partial charge in [-0.2, -0.15) is 4.98 Å². The second kappa shape index (κ2) is 7.21. The number of halogens is 1. The number of rotatable bonds is 6. The molecule has 1 aromatic carbocycles. The number of nitrogens with two attached hydrogens (primary N) is 1. The number of methoxy groups -OCH3 is 2. The van der Waals surface area contributed by atoms with Crippen molar-refractivity contribution in [3.8, 4) is 11.8 Å². The monoisotopic (exact) mass is 308 g/mol. The topological polar surface area (TPSA) is 82.3 Å². The largest absolute Gasteiger partial charge is 0.480 e. The standard InChI is InChI=1S/C14H17ClN4O2/c1-20-12-8-17-13(14(18-12)21-2)11(19-16)7-9-4-3-5-10(15)6-9/h3-6,8,11,19H,7,16H2,1-2H3. The first kappa shape index (κ1) is 15.5. The van der Waals surface area contributed by atoms with Crippen LogP contribution in [0.2, 0.25) is 5.02 Å². The normalized spacial score (nSPS) is 12.0. The number of hydrogen-bond donors (Lipinski definition) is 2. The molecule has 1 aromatic heterocycles. The summed E-state index contributed by atoms with van der Waals surface area (Å²) in [5.74, 6) is 6.41. The van der Waals surface area contributed by atoms with Crippen molar-refractivity contribution in [3.05, 3.63) is 46.7 Å². The number of ether oxygens (including phenoxy) is 2. The van der Waals surface area contributed by atoms with Crippen LogP contribution in [-0.2, 0) is 6.42 Å². The van der Waals surface area contributed by atoms with Gasteiger partial charge in [0.25, 0.3) is 0 Å². The van der Waals surface area contributed by atoms with Crippen molar-refractivity contribution in [2.24, 2.45) is 5.84 Å². The van der Waals surface area contributed by atoms with Gasteiger partial charge in [0.15, 0.2) is 0 Å². The van der Waals surface area contributed by atoms with Crippen molar-refractivity contribution in [1.29, 1.82) is 0 Å². The molecule has 0 fully saturated rings. The maximum atomic E-state index is 5.99. The molecule has 7 heteroatoms. The molecule has 112 valence electrons. The SMILES string of the molecule is COc1cnc(C(Cc2cccc(Cl)c2)NN)c(OC)n1. The third kappa shape index (κ3) is 3.81. The minimum atomic E-state index is -0.253. The molecule has 0 radical (unpaired) electrons. The number of nitrogens with one attached hydrogen (secondary N) is 1. The molecule has 6 nitrogen and oxygen atoms in total. The molecule has 0 amide bonds. The van der Waals surface area contributed by atoms with E-state index in [1.807, 2.05) is 24.3 Å². The molecular weight excluding hydrogens is 292 g/mol. The Morgan fingerprint density at radius 2 is 2.14 bits per heavy atom. The lowest BCUT2D eigenvalue weighted by Crippen LogP contribution is -2.30. The molecule has 0 saturated carbocycles. The number of benzene rings is 1. The first-order chi connectivity index (χ1) is 10.2. The van der Waals surface area contributed by atoms with Gasteiger partial charge in [-0.05, 0) is 24.1 Å². The first-order valence-corrected chi connectivity index (χ1v) is 6.71. The molecule has 0 spiro atoms. The Morgan fingerprint density at radius 3 is 2.76 bits per heavy atom. The average Bonchev–Trinajstić information content (AvgIpc) is 2.52. The van der Waals surface area contributed by atoms with Crippen molar-refractivity contribution < 1.29 is 9.47 Å². The fraction of sp³-hybridized carbons (Fsp3) is 0.286. The predicted molar refractivity (Wildman–Crippen MR) is 80.4 cm³/mol. The number of hydrazine groups is 1. The van der Waals surface area contributed by atoms with Crippen LogP contribution in [0.1, 0.15) is 17.3 Å². The Morgan fingerprint density at radius 1 is 1.33 bits per heavy atom. The van der Waals surface area contributed by atoms with Crippen molar-refractivity contribution in [2.45, 2.75) is 12.5 Å². The highest BCUT2D eigenvalue weighted by molar-refractivity contribution is 6.30. The number of hydrogen-bond acceptors (Lipinski definition) is 6. The summed E-state index contributed by atoms with van der Waals surface area (Å²) in [6, 6.07) is 7.32. The van der Waals surface area contributed by atoms with E-state index >= 15 is 0 Å². The first-order valence-electron chi connectivity index (χ1n) is 6.33. The molecule has 3 N–H and O–H groups in total. The Balaban J connectivity index is 2.28. The summed E-state index contributed by atoms with van der Waals surface area (Å²) in [6.07, 6.45) is 2.13. The highest BCUT2D eigenvalue weighted by Crippen LogP contribution is 2.26. The van der Waals surface area contributed by atoms with E-state index in [4.69, 9.17) is 26.9 Å². The zero-order valence-electron chi connectivity index (χ0n) is 11.8. The van der Waals surface area contributed by atoms with Gasteiger partial charge in [0.05, 0.1) is 26.5 Å². The van der Waals surface area contributed by atoms with Crippen molar-refractivity contribution in [1.82, 2.24) is 15.4 Å². The van der Waals surface area contributed by atoms with E-state index in [0.29, 0.717) is 28.9 Å². The third-order valence-electron chi connectivity index (χ3n) is 3.01. The minimum Gasteiger partial charge on any atom is -0.480 e. The van der Waals surface area contributed by atoms with Gasteiger partial charge in [0, 0.05) is 5.02 Å². The second-order valence-corrected chi connectivity index (χ2v) is 4.80. The summed E-state index contributed by atoms with van der Waals surface area (Å²) in [5.41, 5.74) is 4.38. The predicted octanol–water partition coefficient (Wildman–Crippen LogP) is 1.89. The molecule has 0 aliphatic rings. The number of nitrogens with zero attached hydrogens (tertiary/aromatic N) is 2. The molecule has 0 aliphatic carbocycles. The lowest BCUT2D eigenvalue weighted by Gasteiger charge is -2.17. The average molecular weight is 309 g/mol. The van der Waals surface area contributed by atoms with E-state index in [-0.39, 0.29) is 6.04 Å². The van der Waals surface area contributed by atoms with E-state index in [2.05, 4.69) is 15.4 Å². The summed E-state index contributed by atoms with van der Waals surface area (Å²) in [6.45, 7) is 0. The molecule has 0 bridgehead atoms. The zero-order chi connectivity index (χ0) is 15.2. The molecule has 2 aromatic rings. The van der Waals surface area contributed by atoms with Gasteiger partial charge < -0.3 is 9.47 Å². The van der Waals surface area contributed by atoms with Crippen LogP contribution in [-0.4, -0.2) is 24.2 Å². The highest BCUT2D eigenvalue weighted by Gasteiger charge is 2.19. The van der Waals surface area contributed by atoms with Crippen LogP contribution in [0.3, 0.4) is 0 Å². The third-order valence-corrected chi connectivity index (χ3v) is 3.24. The fourth-order valence-corrected chi connectivity index (χ4v) is 2.20. The lowest BCUT2D eigenvalue weighted by molar-refractivity contribution is 0.349. The van der Waals surface area contributed by atoms with Crippen molar-refractivity contribution in [3.63, 3.8) is 0 Å².